The van der Waals surface area contributed by atoms with E-state index in [4.69, 9.17) is 10.8 Å². The van der Waals surface area contributed by atoms with Crippen LogP contribution in [0.15, 0.2) is 72.0 Å². The molecule has 182 valence electrons. The summed E-state index contributed by atoms with van der Waals surface area (Å²) in [6.07, 6.45) is 6.37. The number of nitrogens with one attached hydrogen (secondary N) is 1. The van der Waals surface area contributed by atoms with E-state index < -0.39 is 0 Å². The van der Waals surface area contributed by atoms with Crippen molar-refractivity contribution in [2.75, 3.05) is 24.1 Å². The van der Waals surface area contributed by atoms with Crippen molar-refractivity contribution in [2.24, 2.45) is 0 Å². The van der Waals surface area contributed by atoms with Gasteiger partial charge in [-0.05, 0) is 59.1 Å². The van der Waals surface area contributed by atoms with Gasteiger partial charge in [0, 0.05) is 36.6 Å². The van der Waals surface area contributed by atoms with Crippen molar-refractivity contribution < 1.29 is 9.59 Å². The summed E-state index contributed by atoms with van der Waals surface area (Å²) in [5, 5.41) is 8.47. The minimum absolute atomic E-state index is 0.0274. The summed E-state index contributed by atoms with van der Waals surface area (Å²) in [5.74, 6) is 0.502. The van der Waals surface area contributed by atoms with Crippen LogP contribution in [0.4, 0.5) is 11.6 Å². The third kappa shape index (κ3) is 4.47. The Morgan fingerprint density at radius 1 is 1.17 bits per heavy atom. The van der Waals surface area contributed by atoms with E-state index in [0.29, 0.717) is 36.0 Å². The van der Waals surface area contributed by atoms with Crippen LogP contribution in [0, 0.1) is 0 Å². The molecule has 2 amide bonds. The number of nitrogens with two attached hydrogens (primary N) is 1. The molecule has 0 aliphatic carbocycles. The Balaban J connectivity index is 1.51. The summed E-state index contributed by atoms with van der Waals surface area (Å²) in [7, 11) is 0. The zero-order chi connectivity index (χ0) is 25.2. The van der Waals surface area contributed by atoms with Crippen molar-refractivity contribution in [1.82, 2.24) is 24.6 Å². The summed E-state index contributed by atoms with van der Waals surface area (Å²) in [6.45, 7) is 4.84. The van der Waals surface area contributed by atoms with Crippen LogP contribution in [0.1, 0.15) is 29.2 Å². The molecule has 36 heavy (non-hydrogen) atoms. The lowest BCUT2D eigenvalue weighted by Gasteiger charge is -2.32. The highest BCUT2D eigenvalue weighted by Gasteiger charge is 2.28. The van der Waals surface area contributed by atoms with Crippen molar-refractivity contribution in [3.05, 3.63) is 77.5 Å². The topological polar surface area (TPSA) is 119 Å². The van der Waals surface area contributed by atoms with Gasteiger partial charge in [0.1, 0.15) is 17.3 Å². The smallest absolute Gasteiger partial charge is 0.256 e. The van der Waals surface area contributed by atoms with Gasteiger partial charge in [-0.15, -0.1) is 0 Å². The van der Waals surface area contributed by atoms with Gasteiger partial charge in [0.2, 0.25) is 5.91 Å². The number of nitrogen functional groups attached to an aromatic ring is 1. The van der Waals surface area contributed by atoms with E-state index in [1.54, 1.807) is 41.6 Å². The average molecular weight is 546 g/mol. The first-order valence-corrected chi connectivity index (χ1v) is 12.3. The summed E-state index contributed by atoms with van der Waals surface area (Å²) >= 11 is 3.62. The second kappa shape index (κ2) is 9.90. The number of fused-ring (bicyclic) bond motifs is 1. The van der Waals surface area contributed by atoms with Gasteiger partial charge in [-0.25, -0.2) is 9.97 Å². The molecule has 1 fully saturated rings. The van der Waals surface area contributed by atoms with E-state index in [-0.39, 0.29) is 17.9 Å². The number of aromatic nitrogens is 4. The van der Waals surface area contributed by atoms with Crippen molar-refractivity contribution >= 4 is 50.3 Å². The predicted molar refractivity (Wildman–Crippen MR) is 142 cm³/mol. The summed E-state index contributed by atoms with van der Waals surface area (Å²) < 4.78 is 2.71. The zero-order valence-corrected chi connectivity index (χ0v) is 21.0. The molecule has 4 aromatic rings. The Labute approximate surface area is 216 Å². The largest absolute Gasteiger partial charge is 0.383 e. The van der Waals surface area contributed by atoms with Gasteiger partial charge in [0.25, 0.3) is 5.91 Å². The van der Waals surface area contributed by atoms with Crippen LogP contribution in [0.3, 0.4) is 0 Å². The van der Waals surface area contributed by atoms with Crippen LogP contribution in [-0.2, 0) is 4.79 Å². The maximum Gasteiger partial charge on any atom is 0.256 e. The lowest BCUT2D eigenvalue weighted by molar-refractivity contribution is -0.127. The van der Waals surface area contributed by atoms with Crippen LogP contribution < -0.4 is 11.1 Å². The Hall–Kier alpha value is -4.05. The molecule has 0 unspecified atom stereocenters. The second-order valence-electron chi connectivity index (χ2n) is 8.54. The fourth-order valence-electron chi connectivity index (χ4n) is 4.51. The summed E-state index contributed by atoms with van der Waals surface area (Å²) in [5.41, 5.74) is 9.12. The van der Waals surface area contributed by atoms with E-state index in [9.17, 15) is 9.59 Å². The number of carbonyl (C=O) groups is 2. The molecule has 3 N–H and O–H groups in total. The van der Waals surface area contributed by atoms with Crippen LogP contribution in [0.25, 0.3) is 22.2 Å². The number of rotatable bonds is 5. The van der Waals surface area contributed by atoms with E-state index in [1.807, 2.05) is 22.9 Å². The van der Waals surface area contributed by atoms with E-state index in [2.05, 4.69) is 37.8 Å². The molecule has 5 rings (SSSR count). The van der Waals surface area contributed by atoms with Crippen molar-refractivity contribution in [3.63, 3.8) is 0 Å². The zero-order valence-electron chi connectivity index (χ0n) is 19.4. The third-order valence-corrected chi connectivity index (χ3v) is 6.85. The molecule has 0 radical (unpaired) electrons. The molecule has 4 heterocycles. The molecule has 0 bridgehead atoms. The first kappa shape index (κ1) is 23.7. The van der Waals surface area contributed by atoms with Crippen molar-refractivity contribution in [1.29, 1.82) is 0 Å². The quantitative estimate of drug-likeness (QED) is 0.358. The summed E-state index contributed by atoms with van der Waals surface area (Å²) in [4.78, 5) is 35.2. The van der Waals surface area contributed by atoms with Crippen LogP contribution in [-0.4, -0.2) is 49.6 Å². The molecule has 1 saturated heterocycles. The standard InChI is InChI=1S/C26H24BrN7O2/c1-2-21(35)33-13-5-6-18(15-33)34-24-19(27)14-30-25(28)22(24)23(32-34)16-8-10-17(11-9-16)26(36)31-20-7-3-4-12-29-20/h2-4,7-12,14,18H,1,5-6,13,15H2,(H2,28,30)(H,29,31,36)/t18-/m1/s1. The second-order valence-corrected chi connectivity index (χ2v) is 9.39. The van der Waals surface area contributed by atoms with Gasteiger partial charge in [-0.1, -0.05) is 24.8 Å². The summed E-state index contributed by atoms with van der Waals surface area (Å²) in [6, 6.07) is 12.5. The van der Waals surface area contributed by atoms with Gasteiger partial charge in [0.15, 0.2) is 0 Å². The number of piperidine rings is 1. The van der Waals surface area contributed by atoms with Crippen LogP contribution in [0.2, 0.25) is 0 Å². The molecule has 9 nitrogen and oxygen atoms in total. The number of nitrogens with zero attached hydrogens (tertiary/aromatic N) is 5. The predicted octanol–water partition coefficient (Wildman–Crippen LogP) is 4.44. The average Bonchev–Trinajstić information content (AvgIpc) is 3.33. The Morgan fingerprint density at radius 2 is 1.97 bits per heavy atom. The Kier molecular flexibility index (Phi) is 6.51. The van der Waals surface area contributed by atoms with Gasteiger partial charge >= 0.3 is 0 Å². The molecule has 0 saturated carbocycles. The number of halogens is 1. The van der Waals surface area contributed by atoms with Gasteiger partial charge in [0.05, 0.1) is 21.4 Å². The molecule has 1 aliphatic rings. The lowest BCUT2D eigenvalue weighted by Crippen LogP contribution is -2.40. The maximum absolute atomic E-state index is 12.6. The number of pyridine rings is 2. The maximum atomic E-state index is 12.6. The fraction of sp³-hybridized carbons (Fsp3) is 0.192. The van der Waals surface area contributed by atoms with E-state index >= 15 is 0 Å². The highest BCUT2D eigenvalue weighted by atomic mass is 79.9. The first-order valence-electron chi connectivity index (χ1n) is 11.5. The molecule has 3 aromatic heterocycles. The molecule has 1 atom stereocenters. The lowest BCUT2D eigenvalue weighted by atomic mass is 10.0. The molecule has 0 spiro atoms. The van der Waals surface area contributed by atoms with Crippen molar-refractivity contribution in [2.45, 2.75) is 18.9 Å². The molecule has 1 aliphatic heterocycles. The van der Waals surface area contributed by atoms with Gasteiger partial charge in [-0.3, -0.25) is 14.3 Å². The molecule has 10 heteroatoms. The number of carbonyl (C=O) groups excluding carboxylic acids is 2. The number of likely N-dealkylation sites (tertiary alicyclic amines) is 1. The monoisotopic (exact) mass is 545 g/mol. The van der Waals surface area contributed by atoms with Crippen molar-refractivity contribution in [3.8, 4) is 11.3 Å². The normalized spacial score (nSPS) is 15.6. The van der Waals surface area contributed by atoms with Crippen LogP contribution in [0.5, 0.6) is 0 Å². The number of anilines is 2. The minimum Gasteiger partial charge on any atom is -0.383 e. The first-order chi connectivity index (χ1) is 17.5. The highest BCUT2D eigenvalue weighted by Crippen LogP contribution is 2.38. The molecular formula is C26H24BrN7O2. The van der Waals surface area contributed by atoms with E-state index in [1.165, 1.54) is 6.08 Å². The number of amides is 2. The molecular weight excluding hydrogens is 522 g/mol. The minimum atomic E-state index is -0.256. The fourth-order valence-corrected chi connectivity index (χ4v) is 4.99. The number of hydrogen-bond acceptors (Lipinski definition) is 6. The van der Waals surface area contributed by atoms with Crippen LogP contribution >= 0.6 is 15.9 Å². The molecule has 1 aromatic carbocycles. The number of hydrogen-bond donors (Lipinski definition) is 2. The van der Waals surface area contributed by atoms with Gasteiger partial charge < -0.3 is 16.0 Å². The van der Waals surface area contributed by atoms with E-state index in [0.717, 1.165) is 33.8 Å². The third-order valence-electron chi connectivity index (χ3n) is 6.27. The number of benzene rings is 1. The van der Waals surface area contributed by atoms with Gasteiger partial charge in [-0.2, -0.15) is 5.10 Å². The Bertz CT molecular complexity index is 1450. The SMILES string of the molecule is C=CC(=O)N1CCC[C@@H](n2nc(-c3ccc(C(=O)Nc4ccccn4)cc3)c3c(N)ncc(Br)c32)C1. The highest BCUT2D eigenvalue weighted by molar-refractivity contribution is 9.10. The Morgan fingerprint density at radius 3 is 2.69 bits per heavy atom.